The standard InChI is InChI=1S/C49H31N3S/c1-3-12-32(13-4-1)34-24-28-37(29-25-34)40-19-10-21-42-45-43(22-11-23-44(45)53-46(40)42)49-51-47(38-30-26-35(27-31-38)33-14-5-2-6-15-33)50-48(52-49)41-20-9-17-36-16-7-8-18-39(36)41/h1-31H. The summed E-state index contributed by atoms with van der Waals surface area (Å²) in [6.07, 6.45) is 0. The van der Waals surface area contributed by atoms with Crippen LogP contribution in [0, 0.1) is 0 Å². The van der Waals surface area contributed by atoms with Crippen LogP contribution in [0.5, 0.6) is 0 Å². The van der Waals surface area contributed by atoms with Gasteiger partial charge in [0.25, 0.3) is 0 Å². The third-order valence-electron chi connectivity index (χ3n) is 9.98. The third-order valence-corrected chi connectivity index (χ3v) is 11.2. The van der Waals surface area contributed by atoms with Gasteiger partial charge in [0.15, 0.2) is 17.5 Å². The minimum Gasteiger partial charge on any atom is -0.208 e. The molecule has 2 aromatic heterocycles. The topological polar surface area (TPSA) is 38.7 Å². The Morgan fingerprint density at radius 1 is 0.302 bits per heavy atom. The minimum absolute atomic E-state index is 0.647. The van der Waals surface area contributed by atoms with Crippen LogP contribution in [0.1, 0.15) is 0 Å². The fourth-order valence-corrected chi connectivity index (χ4v) is 8.61. The number of thiophene rings is 1. The quantitative estimate of drug-likeness (QED) is 0.174. The fourth-order valence-electron chi connectivity index (χ4n) is 7.34. The SMILES string of the molecule is c1ccc(-c2ccc(-c3nc(-c4cccc5ccccc45)nc(-c4cccc5sc6c(-c7ccc(-c8ccccc8)cc7)cccc6c45)n3)cc2)cc1. The molecule has 10 aromatic rings. The van der Waals surface area contributed by atoms with Gasteiger partial charge >= 0.3 is 0 Å². The molecule has 0 aliphatic carbocycles. The predicted octanol–water partition coefficient (Wildman–Crippen LogP) is 13.4. The maximum atomic E-state index is 5.25. The van der Waals surface area contributed by atoms with E-state index in [-0.39, 0.29) is 0 Å². The maximum absolute atomic E-state index is 5.25. The normalized spacial score (nSPS) is 11.4. The van der Waals surface area contributed by atoms with Gasteiger partial charge in [-0.05, 0) is 50.2 Å². The molecule has 0 N–H and O–H groups in total. The molecule has 0 radical (unpaired) electrons. The van der Waals surface area contributed by atoms with E-state index in [4.69, 9.17) is 15.0 Å². The lowest BCUT2D eigenvalue weighted by Crippen LogP contribution is -2.01. The second-order valence-corrected chi connectivity index (χ2v) is 14.2. The molecule has 2 heterocycles. The second kappa shape index (κ2) is 13.1. The number of fused-ring (bicyclic) bond motifs is 4. The molecular weight excluding hydrogens is 663 g/mol. The Labute approximate surface area is 311 Å². The van der Waals surface area contributed by atoms with Crippen LogP contribution in [0.4, 0.5) is 0 Å². The highest BCUT2D eigenvalue weighted by atomic mass is 32.1. The summed E-state index contributed by atoms with van der Waals surface area (Å²) in [6, 6.07) is 66.3. The highest BCUT2D eigenvalue weighted by molar-refractivity contribution is 7.26. The van der Waals surface area contributed by atoms with E-state index < -0.39 is 0 Å². The van der Waals surface area contributed by atoms with Crippen LogP contribution < -0.4 is 0 Å². The van der Waals surface area contributed by atoms with E-state index in [0.717, 1.165) is 38.4 Å². The maximum Gasteiger partial charge on any atom is 0.164 e. The van der Waals surface area contributed by atoms with Crippen LogP contribution in [0.2, 0.25) is 0 Å². The number of benzene rings is 8. The second-order valence-electron chi connectivity index (χ2n) is 13.2. The van der Waals surface area contributed by atoms with Gasteiger partial charge in [-0.1, -0.05) is 182 Å². The molecule has 8 aromatic carbocycles. The summed E-state index contributed by atoms with van der Waals surface area (Å²) in [5.74, 6) is 1.96. The Hall–Kier alpha value is -6.75. The van der Waals surface area contributed by atoms with Crippen molar-refractivity contribution in [2.75, 3.05) is 0 Å². The van der Waals surface area contributed by atoms with Crippen LogP contribution in [-0.2, 0) is 0 Å². The molecule has 4 heteroatoms. The van der Waals surface area contributed by atoms with Gasteiger partial charge in [-0.15, -0.1) is 11.3 Å². The summed E-state index contributed by atoms with van der Waals surface area (Å²) in [5.41, 5.74) is 10.1. The largest absolute Gasteiger partial charge is 0.208 e. The molecule has 248 valence electrons. The molecule has 0 saturated heterocycles. The number of aromatic nitrogens is 3. The molecule has 0 aliphatic heterocycles. The first-order valence-corrected chi connectivity index (χ1v) is 18.6. The summed E-state index contributed by atoms with van der Waals surface area (Å²) in [6.45, 7) is 0. The number of hydrogen-bond donors (Lipinski definition) is 0. The molecule has 0 bridgehead atoms. The molecular formula is C49H31N3S. The van der Waals surface area contributed by atoms with Crippen molar-refractivity contribution in [2.24, 2.45) is 0 Å². The van der Waals surface area contributed by atoms with Crippen LogP contribution in [0.3, 0.4) is 0 Å². The van der Waals surface area contributed by atoms with Crippen molar-refractivity contribution in [3.8, 4) is 67.5 Å². The van der Waals surface area contributed by atoms with Crippen molar-refractivity contribution in [1.29, 1.82) is 0 Å². The van der Waals surface area contributed by atoms with Gasteiger partial charge in [-0.2, -0.15) is 0 Å². The van der Waals surface area contributed by atoms with Gasteiger partial charge in [0.2, 0.25) is 0 Å². The Morgan fingerprint density at radius 3 is 1.49 bits per heavy atom. The molecule has 10 rings (SSSR count). The van der Waals surface area contributed by atoms with Crippen LogP contribution in [0.25, 0.3) is 98.5 Å². The van der Waals surface area contributed by atoms with Crippen LogP contribution in [0.15, 0.2) is 188 Å². The lowest BCUT2D eigenvalue weighted by Gasteiger charge is -2.11. The fraction of sp³-hybridized carbons (Fsp3) is 0. The van der Waals surface area contributed by atoms with Crippen molar-refractivity contribution < 1.29 is 0 Å². The van der Waals surface area contributed by atoms with E-state index in [2.05, 4.69) is 182 Å². The first-order valence-electron chi connectivity index (χ1n) is 17.8. The number of nitrogens with zero attached hydrogens (tertiary/aromatic N) is 3. The summed E-state index contributed by atoms with van der Waals surface area (Å²) in [5, 5.41) is 4.62. The van der Waals surface area contributed by atoms with Gasteiger partial charge in [-0.25, -0.2) is 15.0 Å². The average molecular weight is 694 g/mol. The summed E-state index contributed by atoms with van der Waals surface area (Å²) in [7, 11) is 0. The van der Waals surface area contributed by atoms with Crippen molar-refractivity contribution in [3.05, 3.63) is 188 Å². The minimum atomic E-state index is 0.647. The lowest BCUT2D eigenvalue weighted by molar-refractivity contribution is 1.08. The molecule has 0 spiro atoms. The summed E-state index contributed by atoms with van der Waals surface area (Å²) < 4.78 is 2.45. The lowest BCUT2D eigenvalue weighted by atomic mass is 9.98. The molecule has 0 unspecified atom stereocenters. The molecule has 0 atom stereocenters. The van der Waals surface area contributed by atoms with Crippen molar-refractivity contribution in [1.82, 2.24) is 15.0 Å². The van der Waals surface area contributed by atoms with Gasteiger partial charge < -0.3 is 0 Å². The zero-order chi connectivity index (χ0) is 35.1. The van der Waals surface area contributed by atoms with Crippen LogP contribution >= 0.6 is 11.3 Å². The van der Waals surface area contributed by atoms with Gasteiger partial charge in [-0.3, -0.25) is 0 Å². The van der Waals surface area contributed by atoms with Crippen molar-refractivity contribution in [3.63, 3.8) is 0 Å². The first-order chi connectivity index (χ1) is 26.3. The van der Waals surface area contributed by atoms with E-state index >= 15 is 0 Å². The Morgan fingerprint density at radius 2 is 0.774 bits per heavy atom. The van der Waals surface area contributed by atoms with Gasteiger partial charge in [0.05, 0.1) is 0 Å². The molecule has 0 saturated carbocycles. The zero-order valence-electron chi connectivity index (χ0n) is 28.6. The predicted molar refractivity (Wildman–Crippen MR) is 223 cm³/mol. The first kappa shape index (κ1) is 31.0. The molecule has 3 nitrogen and oxygen atoms in total. The summed E-state index contributed by atoms with van der Waals surface area (Å²) in [4.78, 5) is 15.6. The molecule has 0 fully saturated rings. The highest BCUT2D eigenvalue weighted by Gasteiger charge is 2.19. The Bertz CT molecular complexity index is 2910. The van der Waals surface area contributed by atoms with Crippen LogP contribution in [-0.4, -0.2) is 15.0 Å². The Kier molecular flexibility index (Phi) is 7.67. The average Bonchev–Trinajstić information content (AvgIpc) is 3.63. The van der Waals surface area contributed by atoms with E-state index in [1.807, 2.05) is 17.4 Å². The summed E-state index contributed by atoms with van der Waals surface area (Å²) >= 11 is 1.82. The van der Waals surface area contributed by atoms with E-state index in [1.54, 1.807) is 0 Å². The third kappa shape index (κ3) is 5.66. The van der Waals surface area contributed by atoms with Crippen molar-refractivity contribution in [2.45, 2.75) is 0 Å². The number of rotatable bonds is 6. The van der Waals surface area contributed by atoms with E-state index in [1.165, 1.54) is 42.6 Å². The van der Waals surface area contributed by atoms with Gasteiger partial charge in [0, 0.05) is 36.9 Å². The van der Waals surface area contributed by atoms with E-state index in [0.29, 0.717) is 17.5 Å². The zero-order valence-corrected chi connectivity index (χ0v) is 29.5. The molecule has 0 amide bonds. The Balaban J connectivity index is 1.14. The smallest absolute Gasteiger partial charge is 0.164 e. The van der Waals surface area contributed by atoms with Gasteiger partial charge in [0.1, 0.15) is 0 Å². The number of hydrogen-bond acceptors (Lipinski definition) is 4. The monoisotopic (exact) mass is 693 g/mol. The van der Waals surface area contributed by atoms with E-state index in [9.17, 15) is 0 Å². The molecule has 53 heavy (non-hydrogen) atoms. The van der Waals surface area contributed by atoms with Crippen molar-refractivity contribution >= 4 is 42.3 Å². The highest BCUT2D eigenvalue weighted by Crippen LogP contribution is 2.44. The molecule has 0 aliphatic rings.